The van der Waals surface area contributed by atoms with Crippen molar-refractivity contribution in [1.82, 2.24) is 0 Å². The van der Waals surface area contributed by atoms with Gasteiger partial charge < -0.3 is 5.11 Å². The lowest BCUT2D eigenvalue weighted by Crippen LogP contribution is -2.29. The number of hydrogen-bond donors (Lipinski definition) is 1. The van der Waals surface area contributed by atoms with Crippen LogP contribution in [0.2, 0.25) is 0 Å². The summed E-state index contributed by atoms with van der Waals surface area (Å²) in [6.07, 6.45) is 1.53. The van der Waals surface area contributed by atoms with Crippen LogP contribution in [-0.4, -0.2) is 16.7 Å². The summed E-state index contributed by atoms with van der Waals surface area (Å²) in [7, 11) is 0. The molecule has 1 aliphatic carbocycles. The Kier molecular flexibility index (Phi) is 3.89. The first-order valence-electron chi connectivity index (χ1n) is 6.61. The number of aliphatic hydroxyl groups excluding tert-OH is 1. The molecule has 0 spiro atoms. The first-order valence-corrected chi connectivity index (χ1v) is 6.61. The molecule has 2 rings (SSSR count). The maximum atomic E-state index is 12.0. The van der Waals surface area contributed by atoms with Gasteiger partial charge in [-0.15, -0.1) is 0 Å². The third kappa shape index (κ3) is 2.44. The molecule has 0 radical (unpaired) electrons. The van der Waals surface area contributed by atoms with Crippen LogP contribution < -0.4 is 0 Å². The molecule has 104 valence electrons. The van der Waals surface area contributed by atoms with Crippen LogP contribution in [0.1, 0.15) is 32.3 Å². The van der Waals surface area contributed by atoms with Crippen LogP contribution in [0.4, 0.5) is 0 Å². The van der Waals surface area contributed by atoms with Crippen molar-refractivity contribution >= 4 is 11.6 Å². The van der Waals surface area contributed by atoms with Gasteiger partial charge in [-0.05, 0) is 32.4 Å². The van der Waals surface area contributed by atoms with E-state index in [0.717, 1.165) is 11.1 Å². The Morgan fingerprint density at radius 3 is 2.20 bits per heavy atom. The van der Waals surface area contributed by atoms with Crippen LogP contribution in [-0.2, 0) is 9.59 Å². The number of ketones is 2. The molecule has 0 aliphatic heterocycles. The monoisotopic (exact) mass is 270 g/mol. The van der Waals surface area contributed by atoms with Crippen molar-refractivity contribution in [1.29, 1.82) is 0 Å². The summed E-state index contributed by atoms with van der Waals surface area (Å²) in [5.74, 6) is -1.03. The molecule has 1 aromatic carbocycles. The van der Waals surface area contributed by atoms with Gasteiger partial charge in [-0.2, -0.15) is 0 Å². The molecule has 0 amide bonds. The van der Waals surface area contributed by atoms with Gasteiger partial charge in [0.05, 0.1) is 0 Å². The lowest BCUT2D eigenvalue weighted by Gasteiger charge is -2.31. The minimum Gasteiger partial charge on any atom is -0.508 e. The van der Waals surface area contributed by atoms with E-state index in [1.807, 2.05) is 37.3 Å². The standard InChI is InChI=1S/C17H18O3/c1-10-9-14(20)16(12(3)19)17(15(10)11(2)18)13-7-5-4-6-8-13/h4-9,15,17,20H,1-3H3. The third-order valence-electron chi connectivity index (χ3n) is 3.75. The van der Waals surface area contributed by atoms with E-state index in [9.17, 15) is 14.7 Å². The average molecular weight is 270 g/mol. The largest absolute Gasteiger partial charge is 0.508 e. The zero-order valence-corrected chi connectivity index (χ0v) is 11.9. The highest BCUT2D eigenvalue weighted by Gasteiger charge is 2.37. The van der Waals surface area contributed by atoms with Gasteiger partial charge >= 0.3 is 0 Å². The highest BCUT2D eigenvalue weighted by atomic mass is 16.3. The summed E-state index contributed by atoms with van der Waals surface area (Å²) >= 11 is 0. The minimum absolute atomic E-state index is 0.00106. The summed E-state index contributed by atoms with van der Waals surface area (Å²) in [6.45, 7) is 4.76. The zero-order valence-electron chi connectivity index (χ0n) is 11.9. The van der Waals surface area contributed by atoms with Gasteiger partial charge in [-0.1, -0.05) is 35.9 Å². The maximum Gasteiger partial charge on any atom is 0.160 e. The van der Waals surface area contributed by atoms with Gasteiger partial charge in [0.1, 0.15) is 11.5 Å². The summed E-state index contributed by atoms with van der Waals surface area (Å²) < 4.78 is 0. The molecule has 0 heterocycles. The smallest absolute Gasteiger partial charge is 0.160 e. The van der Waals surface area contributed by atoms with Crippen molar-refractivity contribution in [2.45, 2.75) is 26.7 Å². The van der Waals surface area contributed by atoms with E-state index < -0.39 is 11.8 Å². The van der Waals surface area contributed by atoms with Crippen LogP contribution >= 0.6 is 0 Å². The molecular weight excluding hydrogens is 252 g/mol. The van der Waals surface area contributed by atoms with Gasteiger partial charge in [0.25, 0.3) is 0 Å². The molecule has 3 nitrogen and oxygen atoms in total. The fourth-order valence-electron chi connectivity index (χ4n) is 2.95. The number of allylic oxidation sites excluding steroid dienone is 3. The van der Waals surface area contributed by atoms with Crippen molar-refractivity contribution in [2.24, 2.45) is 5.92 Å². The topological polar surface area (TPSA) is 54.4 Å². The van der Waals surface area contributed by atoms with Gasteiger partial charge in [-0.3, -0.25) is 9.59 Å². The third-order valence-corrected chi connectivity index (χ3v) is 3.75. The first-order chi connectivity index (χ1) is 9.43. The van der Waals surface area contributed by atoms with Gasteiger partial charge in [0.15, 0.2) is 5.78 Å². The second kappa shape index (κ2) is 5.45. The Labute approximate surface area is 118 Å². The van der Waals surface area contributed by atoms with E-state index in [4.69, 9.17) is 0 Å². The predicted octanol–water partition coefficient (Wildman–Crippen LogP) is 3.34. The molecule has 0 bridgehead atoms. The SMILES string of the molecule is CC(=O)C1=C(O)C=C(C)C(C(C)=O)C1c1ccccc1. The molecule has 2 unspecified atom stereocenters. The van der Waals surface area contributed by atoms with Crippen molar-refractivity contribution in [3.05, 3.63) is 58.9 Å². The predicted molar refractivity (Wildman–Crippen MR) is 77.4 cm³/mol. The highest BCUT2D eigenvalue weighted by Crippen LogP contribution is 2.41. The zero-order chi connectivity index (χ0) is 14.9. The van der Waals surface area contributed by atoms with Crippen LogP contribution in [0, 0.1) is 5.92 Å². The number of Topliss-reactive ketones (excluding diaryl/α,β-unsaturated/α-hetero) is 2. The number of carbonyl (C=O) groups is 2. The molecule has 1 aromatic rings. The summed E-state index contributed by atoms with van der Waals surface area (Å²) in [6, 6.07) is 9.39. The van der Waals surface area contributed by atoms with Crippen molar-refractivity contribution in [3.63, 3.8) is 0 Å². The summed E-state index contributed by atoms with van der Waals surface area (Å²) in [4.78, 5) is 23.9. The number of aliphatic hydroxyl groups is 1. The Balaban J connectivity index is 2.65. The quantitative estimate of drug-likeness (QED) is 0.916. The molecular formula is C17H18O3. The number of carbonyl (C=O) groups excluding carboxylic acids is 2. The van der Waals surface area contributed by atoms with Crippen molar-refractivity contribution in [2.75, 3.05) is 0 Å². The van der Waals surface area contributed by atoms with Crippen LogP contribution in [0.25, 0.3) is 0 Å². The minimum atomic E-state index is -0.406. The fourth-order valence-corrected chi connectivity index (χ4v) is 2.95. The van der Waals surface area contributed by atoms with Crippen LogP contribution in [0.15, 0.2) is 53.3 Å². The van der Waals surface area contributed by atoms with E-state index in [-0.39, 0.29) is 17.3 Å². The Morgan fingerprint density at radius 1 is 1.10 bits per heavy atom. The molecule has 0 saturated carbocycles. The lowest BCUT2D eigenvalue weighted by atomic mass is 9.71. The number of benzene rings is 1. The number of hydrogen-bond acceptors (Lipinski definition) is 3. The molecule has 20 heavy (non-hydrogen) atoms. The Hall–Kier alpha value is -2.16. The van der Waals surface area contributed by atoms with Crippen molar-refractivity contribution < 1.29 is 14.7 Å². The van der Waals surface area contributed by atoms with Gasteiger partial charge in [-0.25, -0.2) is 0 Å². The number of rotatable bonds is 3. The second-order valence-corrected chi connectivity index (χ2v) is 5.22. The molecule has 0 fully saturated rings. The van der Waals surface area contributed by atoms with E-state index >= 15 is 0 Å². The van der Waals surface area contributed by atoms with Gasteiger partial charge in [0.2, 0.25) is 0 Å². The summed E-state index contributed by atoms with van der Waals surface area (Å²) in [5, 5.41) is 10.1. The molecule has 0 aromatic heterocycles. The van der Waals surface area contributed by atoms with E-state index in [1.165, 1.54) is 19.9 Å². The molecule has 3 heteroatoms. The average Bonchev–Trinajstić information content (AvgIpc) is 2.37. The maximum absolute atomic E-state index is 12.0. The van der Waals surface area contributed by atoms with Gasteiger partial charge in [0, 0.05) is 17.4 Å². The fraction of sp³-hybridized carbons (Fsp3) is 0.294. The van der Waals surface area contributed by atoms with Crippen molar-refractivity contribution in [3.8, 4) is 0 Å². The molecule has 0 saturated heterocycles. The molecule has 1 N–H and O–H groups in total. The molecule has 2 atom stereocenters. The van der Waals surface area contributed by atoms with Crippen LogP contribution in [0.3, 0.4) is 0 Å². The highest BCUT2D eigenvalue weighted by molar-refractivity contribution is 5.98. The normalized spacial score (nSPS) is 22.4. The van der Waals surface area contributed by atoms with Crippen LogP contribution in [0.5, 0.6) is 0 Å². The second-order valence-electron chi connectivity index (χ2n) is 5.22. The van der Waals surface area contributed by atoms with E-state index in [2.05, 4.69) is 0 Å². The van der Waals surface area contributed by atoms with E-state index in [1.54, 1.807) is 0 Å². The lowest BCUT2D eigenvalue weighted by molar-refractivity contribution is -0.120. The Bertz CT molecular complexity index is 608. The Morgan fingerprint density at radius 2 is 1.70 bits per heavy atom. The summed E-state index contributed by atoms with van der Waals surface area (Å²) in [5.41, 5.74) is 1.98. The molecule has 1 aliphatic rings. The first kappa shape index (κ1) is 14.3. The van der Waals surface area contributed by atoms with E-state index in [0.29, 0.717) is 5.57 Å².